The molecule has 0 spiro atoms. The maximum absolute atomic E-state index is 11.0. The molecule has 0 radical (unpaired) electrons. The lowest BCUT2D eigenvalue weighted by Crippen LogP contribution is -2.46. The van der Waals surface area contributed by atoms with E-state index in [-0.39, 0.29) is 11.7 Å². The van der Waals surface area contributed by atoms with Gasteiger partial charge in [0.1, 0.15) is 0 Å². The SMILES string of the molecule is CNC(=O)C1=NNC(C(=O)NC)=NN1. The van der Waals surface area contributed by atoms with Gasteiger partial charge in [0.2, 0.25) is 11.7 Å². The number of hydrogen-bond donors (Lipinski definition) is 4. The van der Waals surface area contributed by atoms with Crippen molar-refractivity contribution in [2.24, 2.45) is 10.2 Å². The fraction of sp³-hybridized carbons (Fsp3) is 0.333. The van der Waals surface area contributed by atoms with Crippen molar-refractivity contribution in [2.45, 2.75) is 0 Å². The number of carbonyl (C=O) groups excluding carboxylic acids is 2. The van der Waals surface area contributed by atoms with Crippen LogP contribution < -0.4 is 21.5 Å². The summed E-state index contributed by atoms with van der Waals surface area (Å²) in [4.78, 5) is 22.0. The monoisotopic (exact) mass is 198 g/mol. The lowest BCUT2D eigenvalue weighted by atomic mass is 10.5. The Morgan fingerprint density at radius 3 is 1.57 bits per heavy atom. The molecule has 1 heterocycles. The zero-order valence-electron chi connectivity index (χ0n) is 7.71. The third-order valence-electron chi connectivity index (χ3n) is 1.43. The van der Waals surface area contributed by atoms with Gasteiger partial charge < -0.3 is 10.6 Å². The maximum atomic E-state index is 11.0. The molecule has 14 heavy (non-hydrogen) atoms. The molecule has 0 bridgehead atoms. The smallest absolute Gasteiger partial charge is 0.290 e. The van der Waals surface area contributed by atoms with E-state index in [0.717, 1.165) is 0 Å². The van der Waals surface area contributed by atoms with Crippen molar-refractivity contribution in [2.75, 3.05) is 14.1 Å². The third-order valence-corrected chi connectivity index (χ3v) is 1.43. The van der Waals surface area contributed by atoms with E-state index in [1.165, 1.54) is 14.1 Å². The summed E-state index contributed by atoms with van der Waals surface area (Å²) in [5.74, 6) is -0.838. The molecule has 0 fully saturated rings. The molecule has 2 amide bonds. The molecule has 76 valence electrons. The topological polar surface area (TPSA) is 107 Å². The number of nitrogens with one attached hydrogen (secondary N) is 4. The minimum atomic E-state index is -0.419. The van der Waals surface area contributed by atoms with Crippen molar-refractivity contribution in [3.05, 3.63) is 0 Å². The van der Waals surface area contributed by atoms with Crippen molar-refractivity contribution < 1.29 is 9.59 Å². The molecule has 8 nitrogen and oxygen atoms in total. The number of amides is 2. The fourth-order valence-electron chi connectivity index (χ4n) is 0.708. The Morgan fingerprint density at radius 2 is 1.36 bits per heavy atom. The Bertz CT molecular complexity index is 288. The van der Waals surface area contributed by atoms with Crippen LogP contribution in [-0.4, -0.2) is 37.6 Å². The van der Waals surface area contributed by atoms with Crippen LogP contribution in [0.3, 0.4) is 0 Å². The van der Waals surface area contributed by atoms with E-state index in [2.05, 4.69) is 31.7 Å². The molecular formula is C6H10N6O2. The first-order chi connectivity index (χ1) is 6.69. The number of hydrazone groups is 2. The van der Waals surface area contributed by atoms with Crippen molar-refractivity contribution in [3.8, 4) is 0 Å². The van der Waals surface area contributed by atoms with Crippen LogP contribution in [0.25, 0.3) is 0 Å². The standard InChI is InChI=1S/C6H10N6O2/c1-7-5(13)3-9-11-4(12-10-3)6(14)8-2/h1-2H3,(H,7,13)(H,8,14)(H,9,10)(H,11,12). The van der Waals surface area contributed by atoms with Crippen LogP contribution in [-0.2, 0) is 9.59 Å². The molecule has 0 aliphatic carbocycles. The van der Waals surface area contributed by atoms with Crippen molar-refractivity contribution >= 4 is 23.5 Å². The van der Waals surface area contributed by atoms with Crippen LogP contribution in [0.2, 0.25) is 0 Å². The number of rotatable bonds is 2. The molecule has 0 aromatic carbocycles. The van der Waals surface area contributed by atoms with Crippen LogP contribution in [0.15, 0.2) is 10.2 Å². The van der Waals surface area contributed by atoms with Crippen LogP contribution in [0.4, 0.5) is 0 Å². The van der Waals surface area contributed by atoms with Crippen LogP contribution >= 0.6 is 0 Å². The summed E-state index contributed by atoms with van der Waals surface area (Å²) >= 11 is 0. The number of nitrogens with zero attached hydrogens (tertiary/aromatic N) is 2. The Balaban J connectivity index is 2.61. The minimum absolute atomic E-state index is 0.000142. The predicted octanol–water partition coefficient (Wildman–Crippen LogP) is -2.70. The summed E-state index contributed by atoms with van der Waals surface area (Å²) in [5, 5.41) is 11.9. The quantitative estimate of drug-likeness (QED) is 0.387. The molecule has 0 saturated heterocycles. The number of amidine groups is 2. The average molecular weight is 198 g/mol. The molecular weight excluding hydrogens is 188 g/mol. The zero-order valence-corrected chi connectivity index (χ0v) is 7.71. The second-order valence-corrected chi connectivity index (χ2v) is 2.30. The largest absolute Gasteiger partial charge is 0.352 e. The van der Waals surface area contributed by atoms with Gasteiger partial charge in [0, 0.05) is 14.1 Å². The van der Waals surface area contributed by atoms with Gasteiger partial charge in [0.25, 0.3) is 11.8 Å². The van der Waals surface area contributed by atoms with E-state index in [9.17, 15) is 9.59 Å². The van der Waals surface area contributed by atoms with Crippen molar-refractivity contribution in [1.29, 1.82) is 0 Å². The minimum Gasteiger partial charge on any atom is -0.352 e. The lowest BCUT2D eigenvalue weighted by molar-refractivity contribution is -0.115. The second kappa shape index (κ2) is 4.21. The summed E-state index contributed by atoms with van der Waals surface area (Å²) in [5.41, 5.74) is 4.68. The molecule has 0 saturated carbocycles. The fourth-order valence-corrected chi connectivity index (χ4v) is 0.708. The summed E-state index contributed by atoms with van der Waals surface area (Å²) in [6.45, 7) is 0. The second-order valence-electron chi connectivity index (χ2n) is 2.30. The van der Waals surface area contributed by atoms with E-state index in [1.807, 2.05) is 0 Å². The van der Waals surface area contributed by atoms with E-state index in [4.69, 9.17) is 0 Å². The molecule has 0 atom stereocenters. The Morgan fingerprint density at radius 1 is 1.00 bits per heavy atom. The normalized spacial score (nSPS) is 14.1. The summed E-state index contributed by atoms with van der Waals surface area (Å²) in [7, 11) is 2.93. The van der Waals surface area contributed by atoms with Gasteiger partial charge >= 0.3 is 0 Å². The first-order valence-electron chi connectivity index (χ1n) is 3.80. The summed E-state index contributed by atoms with van der Waals surface area (Å²) in [6, 6.07) is 0. The Labute approximate surface area is 79.8 Å². The van der Waals surface area contributed by atoms with Gasteiger partial charge in [-0.05, 0) is 0 Å². The summed E-state index contributed by atoms with van der Waals surface area (Å²) in [6.07, 6.45) is 0. The molecule has 4 N–H and O–H groups in total. The van der Waals surface area contributed by atoms with Gasteiger partial charge in [-0.15, -0.1) is 10.2 Å². The van der Waals surface area contributed by atoms with E-state index < -0.39 is 11.8 Å². The van der Waals surface area contributed by atoms with Crippen molar-refractivity contribution in [3.63, 3.8) is 0 Å². The zero-order chi connectivity index (χ0) is 10.6. The average Bonchev–Trinajstić information content (AvgIpc) is 2.27. The summed E-state index contributed by atoms with van der Waals surface area (Å²) < 4.78 is 0. The van der Waals surface area contributed by atoms with E-state index in [0.29, 0.717) is 0 Å². The van der Waals surface area contributed by atoms with Gasteiger partial charge in [-0.3, -0.25) is 20.4 Å². The molecule has 8 heteroatoms. The van der Waals surface area contributed by atoms with Gasteiger partial charge in [-0.1, -0.05) is 0 Å². The highest BCUT2D eigenvalue weighted by Crippen LogP contribution is 1.83. The maximum Gasteiger partial charge on any atom is 0.290 e. The van der Waals surface area contributed by atoms with Gasteiger partial charge in [0.15, 0.2) is 0 Å². The molecule has 1 aliphatic heterocycles. The van der Waals surface area contributed by atoms with E-state index >= 15 is 0 Å². The third kappa shape index (κ3) is 1.97. The number of likely N-dealkylation sites (N-methyl/N-ethyl adjacent to an activating group) is 2. The van der Waals surface area contributed by atoms with Gasteiger partial charge in [-0.2, -0.15) is 0 Å². The Kier molecular flexibility index (Phi) is 3.00. The highest BCUT2D eigenvalue weighted by atomic mass is 16.2. The van der Waals surface area contributed by atoms with Crippen LogP contribution in [0.5, 0.6) is 0 Å². The lowest BCUT2D eigenvalue weighted by Gasteiger charge is -2.12. The Hall–Kier alpha value is -2.12. The number of hydrogen-bond acceptors (Lipinski definition) is 6. The molecule has 1 rings (SSSR count). The van der Waals surface area contributed by atoms with Crippen molar-refractivity contribution in [1.82, 2.24) is 21.5 Å². The molecule has 0 aromatic rings. The predicted molar refractivity (Wildman–Crippen MR) is 49.3 cm³/mol. The van der Waals surface area contributed by atoms with Gasteiger partial charge in [0.05, 0.1) is 0 Å². The van der Waals surface area contributed by atoms with E-state index in [1.54, 1.807) is 0 Å². The molecule has 1 aliphatic rings. The van der Waals surface area contributed by atoms with Crippen LogP contribution in [0.1, 0.15) is 0 Å². The van der Waals surface area contributed by atoms with Crippen LogP contribution in [0, 0.1) is 0 Å². The molecule has 0 aromatic heterocycles. The van der Waals surface area contributed by atoms with Gasteiger partial charge in [-0.25, -0.2) is 0 Å². The molecule has 0 unspecified atom stereocenters. The highest BCUT2D eigenvalue weighted by molar-refractivity contribution is 6.42. The highest BCUT2D eigenvalue weighted by Gasteiger charge is 2.17. The first-order valence-corrected chi connectivity index (χ1v) is 3.80. The first kappa shape index (κ1) is 9.96. The number of carbonyl (C=O) groups is 2.